The molecular formula is C16H21ClN2O3. The van der Waals surface area contributed by atoms with E-state index in [4.69, 9.17) is 16.3 Å². The Morgan fingerprint density at radius 3 is 2.59 bits per heavy atom. The zero-order chi connectivity index (χ0) is 16.3. The molecule has 1 heterocycles. The van der Waals surface area contributed by atoms with E-state index in [0.717, 1.165) is 5.69 Å². The Kier molecular flexibility index (Phi) is 5.08. The van der Waals surface area contributed by atoms with Crippen LogP contribution in [0, 0.1) is 5.41 Å². The number of carbonyl (C=O) groups is 2. The standard InChI is InChI=1S/C16H21ClN2O3/c1-16(2,3)15(21)18-8-13-9-19(14(20)10-22-13)12-6-4-11(17)5-7-12/h4-7,13H,8-10H2,1-3H3,(H,18,21). The van der Waals surface area contributed by atoms with Gasteiger partial charge in [-0.05, 0) is 24.3 Å². The Balaban J connectivity index is 1.98. The summed E-state index contributed by atoms with van der Waals surface area (Å²) in [5.41, 5.74) is 0.338. The summed E-state index contributed by atoms with van der Waals surface area (Å²) in [5.74, 6) is -0.133. The van der Waals surface area contributed by atoms with Crippen molar-refractivity contribution in [3.05, 3.63) is 29.3 Å². The van der Waals surface area contributed by atoms with Crippen molar-refractivity contribution < 1.29 is 14.3 Å². The fraction of sp³-hybridized carbons (Fsp3) is 0.500. The average Bonchev–Trinajstić information content (AvgIpc) is 2.46. The molecule has 1 aliphatic rings. The van der Waals surface area contributed by atoms with E-state index in [1.165, 1.54) is 0 Å². The lowest BCUT2D eigenvalue weighted by Gasteiger charge is -2.33. The van der Waals surface area contributed by atoms with Gasteiger partial charge < -0.3 is 15.0 Å². The van der Waals surface area contributed by atoms with Gasteiger partial charge in [-0.25, -0.2) is 0 Å². The smallest absolute Gasteiger partial charge is 0.253 e. The van der Waals surface area contributed by atoms with Crippen LogP contribution in [0.1, 0.15) is 20.8 Å². The highest BCUT2D eigenvalue weighted by Gasteiger charge is 2.29. The molecule has 1 aromatic rings. The highest BCUT2D eigenvalue weighted by atomic mass is 35.5. The molecule has 1 unspecified atom stereocenters. The van der Waals surface area contributed by atoms with Crippen molar-refractivity contribution in [2.24, 2.45) is 5.41 Å². The molecular weight excluding hydrogens is 304 g/mol. The van der Waals surface area contributed by atoms with Crippen molar-refractivity contribution in [1.29, 1.82) is 0 Å². The van der Waals surface area contributed by atoms with Gasteiger partial charge in [0.05, 0.1) is 12.6 Å². The number of rotatable bonds is 3. The number of morpholine rings is 1. The molecule has 0 spiro atoms. The lowest BCUT2D eigenvalue weighted by Crippen LogP contribution is -2.51. The van der Waals surface area contributed by atoms with Crippen LogP contribution >= 0.6 is 11.6 Å². The highest BCUT2D eigenvalue weighted by Crippen LogP contribution is 2.21. The summed E-state index contributed by atoms with van der Waals surface area (Å²) in [6, 6.07) is 7.10. The molecule has 1 aromatic carbocycles. The van der Waals surface area contributed by atoms with Gasteiger partial charge in [-0.2, -0.15) is 0 Å². The largest absolute Gasteiger partial charge is 0.365 e. The zero-order valence-electron chi connectivity index (χ0n) is 13.1. The molecule has 0 aliphatic carbocycles. The maximum atomic E-state index is 12.0. The molecule has 1 saturated heterocycles. The molecule has 22 heavy (non-hydrogen) atoms. The van der Waals surface area contributed by atoms with Gasteiger partial charge in [0.1, 0.15) is 6.61 Å². The molecule has 0 aromatic heterocycles. The summed E-state index contributed by atoms with van der Waals surface area (Å²) in [6.45, 7) is 6.37. The number of benzene rings is 1. The third-order valence-electron chi connectivity index (χ3n) is 3.44. The monoisotopic (exact) mass is 324 g/mol. The summed E-state index contributed by atoms with van der Waals surface area (Å²) in [4.78, 5) is 25.6. The maximum Gasteiger partial charge on any atom is 0.253 e. The molecule has 120 valence electrons. The fourth-order valence-corrected chi connectivity index (χ4v) is 2.22. The summed E-state index contributed by atoms with van der Waals surface area (Å²) in [6.07, 6.45) is -0.223. The molecule has 0 radical (unpaired) electrons. The van der Waals surface area contributed by atoms with Gasteiger partial charge in [-0.3, -0.25) is 9.59 Å². The Morgan fingerprint density at radius 2 is 2.00 bits per heavy atom. The number of nitrogens with zero attached hydrogens (tertiary/aromatic N) is 1. The van der Waals surface area contributed by atoms with E-state index in [2.05, 4.69) is 5.32 Å². The predicted molar refractivity (Wildman–Crippen MR) is 86.0 cm³/mol. The maximum absolute atomic E-state index is 12.0. The molecule has 2 rings (SSSR count). The average molecular weight is 325 g/mol. The number of carbonyl (C=O) groups excluding carboxylic acids is 2. The molecule has 2 amide bonds. The Hall–Kier alpha value is -1.59. The number of halogens is 1. The van der Waals surface area contributed by atoms with Gasteiger partial charge in [0.25, 0.3) is 5.91 Å². The first-order valence-corrected chi connectivity index (χ1v) is 7.61. The van der Waals surface area contributed by atoms with Crippen molar-refractivity contribution in [2.75, 3.05) is 24.6 Å². The van der Waals surface area contributed by atoms with E-state index >= 15 is 0 Å². The Labute approximate surface area is 135 Å². The normalized spacial score (nSPS) is 19.2. The number of hydrogen-bond donors (Lipinski definition) is 1. The topological polar surface area (TPSA) is 58.6 Å². The molecule has 0 bridgehead atoms. The van der Waals surface area contributed by atoms with E-state index in [1.807, 2.05) is 20.8 Å². The first kappa shape index (κ1) is 16.8. The Morgan fingerprint density at radius 1 is 1.36 bits per heavy atom. The molecule has 1 N–H and O–H groups in total. The fourth-order valence-electron chi connectivity index (χ4n) is 2.09. The van der Waals surface area contributed by atoms with Crippen molar-refractivity contribution in [3.63, 3.8) is 0 Å². The van der Waals surface area contributed by atoms with Crippen LogP contribution < -0.4 is 10.2 Å². The van der Waals surface area contributed by atoms with E-state index in [1.54, 1.807) is 29.2 Å². The first-order valence-electron chi connectivity index (χ1n) is 7.23. The quantitative estimate of drug-likeness (QED) is 0.927. The van der Waals surface area contributed by atoms with Gasteiger partial charge in [0, 0.05) is 22.7 Å². The van der Waals surface area contributed by atoms with E-state index < -0.39 is 5.41 Å². The summed E-state index contributed by atoms with van der Waals surface area (Å²) < 4.78 is 5.50. The van der Waals surface area contributed by atoms with E-state index in [0.29, 0.717) is 18.1 Å². The summed E-state index contributed by atoms with van der Waals surface area (Å²) >= 11 is 5.87. The third kappa shape index (κ3) is 4.21. The van der Waals surface area contributed by atoms with Crippen LogP contribution in [0.4, 0.5) is 5.69 Å². The number of anilines is 1. The van der Waals surface area contributed by atoms with E-state index in [9.17, 15) is 9.59 Å². The van der Waals surface area contributed by atoms with Crippen LogP contribution in [0.25, 0.3) is 0 Å². The SMILES string of the molecule is CC(C)(C)C(=O)NCC1CN(c2ccc(Cl)cc2)C(=O)CO1. The van der Waals surface area contributed by atoms with Gasteiger partial charge >= 0.3 is 0 Å². The van der Waals surface area contributed by atoms with Gasteiger partial charge in [0.15, 0.2) is 0 Å². The van der Waals surface area contributed by atoms with Crippen LogP contribution in [0.15, 0.2) is 24.3 Å². The molecule has 6 heteroatoms. The second-order valence-electron chi connectivity index (χ2n) is 6.37. The molecule has 1 fully saturated rings. The molecule has 1 aliphatic heterocycles. The summed E-state index contributed by atoms with van der Waals surface area (Å²) in [7, 11) is 0. The number of amides is 2. The van der Waals surface area contributed by atoms with Crippen LogP contribution in [-0.4, -0.2) is 37.6 Å². The molecule has 5 nitrogen and oxygen atoms in total. The molecule has 1 atom stereocenters. The van der Waals surface area contributed by atoms with Crippen molar-refractivity contribution >= 4 is 29.1 Å². The van der Waals surface area contributed by atoms with Crippen LogP contribution in [0.2, 0.25) is 5.02 Å². The second-order valence-corrected chi connectivity index (χ2v) is 6.81. The first-order chi connectivity index (χ1) is 10.3. The van der Waals surface area contributed by atoms with Crippen molar-refractivity contribution in [3.8, 4) is 0 Å². The highest BCUT2D eigenvalue weighted by molar-refractivity contribution is 6.30. The van der Waals surface area contributed by atoms with Crippen molar-refractivity contribution in [1.82, 2.24) is 5.32 Å². The summed E-state index contributed by atoms with van der Waals surface area (Å²) in [5, 5.41) is 3.49. The predicted octanol–water partition coefficient (Wildman–Crippen LogP) is 2.23. The second kappa shape index (κ2) is 6.67. The van der Waals surface area contributed by atoms with Crippen LogP contribution in [0.5, 0.6) is 0 Å². The minimum absolute atomic E-state index is 0.0126. The zero-order valence-corrected chi connectivity index (χ0v) is 13.8. The van der Waals surface area contributed by atoms with Crippen molar-refractivity contribution in [2.45, 2.75) is 26.9 Å². The lowest BCUT2D eigenvalue weighted by atomic mass is 9.95. The molecule has 0 saturated carbocycles. The minimum atomic E-state index is -0.444. The lowest BCUT2D eigenvalue weighted by molar-refractivity contribution is -0.131. The number of hydrogen-bond acceptors (Lipinski definition) is 3. The van der Waals surface area contributed by atoms with Gasteiger partial charge in [-0.1, -0.05) is 32.4 Å². The third-order valence-corrected chi connectivity index (χ3v) is 3.69. The number of ether oxygens (including phenoxy) is 1. The van der Waals surface area contributed by atoms with Gasteiger partial charge in [0.2, 0.25) is 5.91 Å². The van der Waals surface area contributed by atoms with Crippen LogP contribution in [-0.2, 0) is 14.3 Å². The van der Waals surface area contributed by atoms with Crippen LogP contribution in [0.3, 0.4) is 0 Å². The Bertz CT molecular complexity index is 552. The minimum Gasteiger partial charge on any atom is -0.365 e. The van der Waals surface area contributed by atoms with Gasteiger partial charge in [-0.15, -0.1) is 0 Å². The van der Waals surface area contributed by atoms with E-state index in [-0.39, 0.29) is 24.5 Å². The number of nitrogens with one attached hydrogen (secondary N) is 1.